The Balaban J connectivity index is 0.000000409. The average molecular weight is 308 g/mol. The van der Waals surface area contributed by atoms with E-state index in [-0.39, 0.29) is 11.1 Å². The van der Waals surface area contributed by atoms with Crippen LogP contribution in [0.4, 0.5) is 0 Å². The average Bonchev–Trinajstić information content (AvgIpc) is 2.37. The molecule has 0 amide bonds. The molecule has 0 unspecified atom stereocenters. The van der Waals surface area contributed by atoms with E-state index in [1.54, 1.807) is 0 Å². The number of carbonyl (C=O) groups is 3. The molecular formula is C17H24O5. The predicted molar refractivity (Wildman–Crippen MR) is 84.3 cm³/mol. The Kier molecular flexibility index (Phi) is 8.75. The smallest absolute Gasteiger partial charge is 0.336 e. The SMILES string of the molecule is CC(C)CC(=O)CC(C)C.O=C(O)c1ccccc1C(=O)O. The largest absolute Gasteiger partial charge is 0.478 e. The van der Waals surface area contributed by atoms with Gasteiger partial charge in [0.25, 0.3) is 0 Å². The van der Waals surface area contributed by atoms with Gasteiger partial charge in [0.15, 0.2) is 0 Å². The molecule has 0 saturated carbocycles. The fourth-order valence-corrected chi connectivity index (χ4v) is 1.85. The molecule has 0 bridgehead atoms. The molecule has 0 aliphatic rings. The summed E-state index contributed by atoms with van der Waals surface area (Å²) in [5.74, 6) is -1.01. The van der Waals surface area contributed by atoms with Gasteiger partial charge in [-0.1, -0.05) is 39.8 Å². The summed E-state index contributed by atoms with van der Waals surface area (Å²) in [6.45, 7) is 8.33. The molecule has 122 valence electrons. The number of ketones is 1. The second-order valence-electron chi connectivity index (χ2n) is 5.89. The van der Waals surface area contributed by atoms with Crippen LogP contribution in [-0.2, 0) is 4.79 Å². The molecular weight excluding hydrogens is 284 g/mol. The zero-order valence-corrected chi connectivity index (χ0v) is 13.5. The second kappa shape index (κ2) is 9.71. The van der Waals surface area contributed by atoms with Crippen molar-refractivity contribution >= 4 is 17.7 Å². The Labute approximate surface area is 131 Å². The van der Waals surface area contributed by atoms with E-state index in [1.807, 2.05) is 0 Å². The summed E-state index contributed by atoms with van der Waals surface area (Å²) in [4.78, 5) is 32.0. The van der Waals surface area contributed by atoms with Crippen molar-refractivity contribution in [2.24, 2.45) is 11.8 Å². The fourth-order valence-electron chi connectivity index (χ4n) is 1.85. The Hall–Kier alpha value is -2.17. The molecule has 1 aromatic rings. The van der Waals surface area contributed by atoms with Gasteiger partial charge in [-0.25, -0.2) is 9.59 Å². The lowest BCUT2D eigenvalue weighted by molar-refractivity contribution is -0.120. The Morgan fingerprint density at radius 2 is 1.14 bits per heavy atom. The van der Waals surface area contributed by atoms with Crippen LogP contribution in [0.25, 0.3) is 0 Å². The minimum atomic E-state index is -1.23. The summed E-state index contributed by atoms with van der Waals surface area (Å²) < 4.78 is 0. The number of rotatable bonds is 6. The molecule has 0 aliphatic heterocycles. The molecule has 0 heterocycles. The van der Waals surface area contributed by atoms with Crippen molar-refractivity contribution in [1.29, 1.82) is 0 Å². The van der Waals surface area contributed by atoms with Crippen molar-refractivity contribution in [3.63, 3.8) is 0 Å². The van der Waals surface area contributed by atoms with Crippen LogP contribution < -0.4 is 0 Å². The van der Waals surface area contributed by atoms with E-state index < -0.39 is 11.9 Å². The molecule has 1 rings (SSSR count). The summed E-state index contributed by atoms with van der Waals surface area (Å²) >= 11 is 0. The molecule has 0 spiro atoms. The molecule has 5 heteroatoms. The first kappa shape index (κ1) is 19.8. The molecule has 0 aliphatic carbocycles. The number of hydrogen-bond acceptors (Lipinski definition) is 3. The molecule has 5 nitrogen and oxygen atoms in total. The normalized spacial score (nSPS) is 10.1. The van der Waals surface area contributed by atoms with Gasteiger partial charge in [0, 0.05) is 12.8 Å². The van der Waals surface area contributed by atoms with Gasteiger partial charge in [-0.3, -0.25) is 4.79 Å². The molecule has 0 saturated heterocycles. The lowest BCUT2D eigenvalue weighted by atomic mass is 10.00. The highest BCUT2D eigenvalue weighted by Crippen LogP contribution is 2.08. The number of carbonyl (C=O) groups excluding carboxylic acids is 1. The van der Waals surface area contributed by atoms with Crippen LogP contribution in [0.1, 0.15) is 61.3 Å². The van der Waals surface area contributed by atoms with E-state index in [2.05, 4.69) is 27.7 Å². The van der Waals surface area contributed by atoms with Crippen molar-refractivity contribution in [3.8, 4) is 0 Å². The van der Waals surface area contributed by atoms with Crippen LogP contribution in [0.3, 0.4) is 0 Å². The van der Waals surface area contributed by atoms with Crippen LogP contribution in [0, 0.1) is 11.8 Å². The molecule has 0 atom stereocenters. The minimum Gasteiger partial charge on any atom is -0.478 e. The zero-order valence-electron chi connectivity index (χ0n) is 13.5. The van der Waals surface area contributed by atoms with Crippen molar-refractivity contribution in [1.82, 2.24) is 0 Å². The third kappa shape index (κ3) is 8.19. The third-order valence-corrected chi connectivity index (χ3v) is 2.66. The number of carboxylic acid groups (broad SMARTS) is 2. The quantitative estimate of drug-likeness (QED) is 0.835. The minimum absolute atomic E-state index is 0.190. The predicted octanol–water partition coefficient (Wildman–Crippen LogP) is 3.73. The highest BCUT2D eigenvalue weighted by Gasteiger charge is 2.13. The summed E-state index contributed by atoms with van der Waals surface area (Å²) in [5, 5.41) is 17.1. The Morgan fingerprint density at radius 1 is 0.818 bits per heavy atom. The van der Waals surface area contributed by atoms with Crippen molar-refractivity contribution in [3.05, 3.63) is 35.4 Å². The molecule has 0 radical (unpaired) electrons. The van der Waals surface area contributed by atoms with E-state index in [9.17, 15) is 14.4 Å². The van der Waals surface area contributed by atoms with Crippen LogP contribution in [0.2, 0.25) is 0 Å². The monoisotopic (exact) mass is 308 g/mol. The first-order valence-corrected chi connectivity index (χ1v) is 7.22. The first-order valence-electron chi connectivity index (χ1n) is 7.22. The van der Waals surface area contributed by atoms with Crippen molar-refractivity contribution < 1.29 is 24.6 Å². The van der Waals surface area contributed by atoms with Gasteiger partial charge in [-0.2, -0.15) is 0 Å². The van der Waals surface area contributed by atoms with Crippen LogP contribution in [-0.4, -0.2) is 27.9 Å². The van der Waals surface area contributed by atoms with Crippen LogP contribution in [0.15, 0.2) is 24.3 Å². The van der Waals surface area contributed by atoms with Gasteiger partial charge < -0.3 is 10.2 Å². The van der Waals surface area contributed by atoms with Gasteiger partial charge in [-0.15, -0.1) is 0 Å². The lowest BCUT2D eigenvalue weighted by Crippen LogP contribution is -2.06. The Bertz CT molecular complexity index is 473. The summed E-state index contributed by atoms with van der Waals surface area (Å²) in [7, 11) is 0. The number of Topliss-reactive ketones (excluding diaryl/α,β-unsaturated/α-hetero) is 1. The summed E-state index contributed by atoms with van der Waals surface area (Å²) in [5.41, 5.74) is -0.380. The van der Waals surface area contributed by atoms with Crippen molar-refractivity contribution in [2.75, 3.05) is 0 Å². The molecule has 0 aromatic heterocycles. The number of aromatic carboxylic acids is 2. The van der Waals surface area contributed by atoms with Gasteiger partial charge in [-0.05, 0) is 24.0 Å². The summed E-state index contributed by atoms with van der Waals surface area (Å²) in [6.07, 6.45) is 1.50. The van der Waals surface area contributed by atoms with E-state index in [1.165, 1.54) is 24.3 Å². The zero-order chi connectivity index (χ0) is 17.3. The topological polar surface area (TPSA) is 91.7 Å². The molecule has 2 N–H and O–H groups in total. The maximum atomic E-state index is 11.1. The van der Waals surface area contributed by atoms with Gasteiger partial charge >= 0.3 is 11.9 Å². The van der Waals surface area contributed by atoms with Gasteiger partial charge in [0.2, 0.25) is 0 Å². The fraction of sp³-hybridized carbons (Fsp3) is 0.471. The first-order chi connectivity index (χ1) is 10.1. The maximum absolute atomic E-state index is 11.1. The van der Waals surface area contributed by atoms with Crippen LogP contribution in [0.5, 0.6) is 0 Å². The lowest BCUT2D eigenvalue weighted by Gasteiger charge is -2.05. The molecule has 22 heavy (non-hydrogen) atoms. The Morgan fingerprint density at radius 3 is 1.36 bits per heavy atom. The number of benzene rings is 1. The van der Waals surface area contributed by atoms with E-state index in [0.29, 0.717) is 17.6 Å². The van der Waals surface area contributed by atoms with E-state index in [0.717, 1.165) is 12.8 Å². The number of carboxylic acids is 2. The van der Waals surface area contributed by atoms with Gasteiger partial charge in [0.1, 0.15) is 5.78 Å². The maximum Gasteiger partial charge on any atom is 0.336 e. The van der Waals surface area contributed by atoms with E-state index >= 15 is 0 Å². The number of hydrogen-bond donors (Lipinski definition) is 2. The summed E-state index contributed by atoms with van der Waals surface area (Å²) in [6, 6.07) is 5.48. The highest BCUT2D eigenvalue weighted by atomic mass is 16.4. The highest BCUT2D eigenvalue weighted by molar-refractivity contribution is 6.01. The van der Waals surface area contributed by atoms with Crippen molar-refractivity contribution in [2.45, 2.75) is 40.5 Å². The second-order valence-corrected chi connectivity index (χ2v) is 5.89. The molecule has 0 fully saturated rings. The van der Waals surface area contributed by atoms with Crippen LogP contribution >= 0.6 is 0 Å². The van der Waals surface area contributed by atoms with Gasteiger partial charge in [0.05, 0.1) is 11.1 Å². The molecule has 1 aromatic carbocycles. The van der Waals surface area contributed by atoms with E-state index in [4.69, 9.17) is 10.2 Å². The standard InChI is InChI=1S/C9H18O.C8H6O4/c1-7(2)5-9(10)6-8(3)4;9-7(10)5-3-1-2-4-6(5)8(11)12/h7-8H,5-6H2,1-4H3;1-4H,(H,9,10)(H,11,12). The third-order valence-electron chi connectivity index (χ3n) is 2.66.